The van der Waals surface area contributed by atoms with E-state index in [4.69, 9.17) is 4.99 Å². The zero-order chi connectivity index (χ0) is 35.3. The second-order valence-corrected chi connectivity index (χ2v) is 13.8. The van der Waals surface area contributed by atoms with E-state index in [2.05, 4.69) is 190 Å². The highest BCUT2D eigenvalue weighted by Gasteiger charge is 2.26. The van der Waals surface area contributed by atoms with Crippen molar-refractivity contribution in [1.82, 2.24) is 0 Å². The van der Waals surface area contributed by atoms with Gasteiger partial charge >= 0.3 is 0 Å². The molecule has 0 saturated carbocycles. The molecule has 0 radical (unpaired) electrons. The van der Waals surface area contributed by atoms with Gasteiger partial charge in [0.05, 0.1) is 5.70 Å². The van der Waals surface area contributed by atoms with Crippen molar-refractivity contribution in [1.29, 1.82) is 0 Å². The standard InChI is InChI=1S/C51H43N/c1-3-15-50(47-30-29-45(39-20-11-6-12-21-39)48-35-43-22-13-14-23-46(43)51(47)48)52-49(31-24-36(2)32-37-16-7-4-8-17-37)44-28-27-41-33-40(25-26-42(41)34-44)38-18-9-5-10-19-38/h4-23,25-30,32-34H,3,24,31,35H2,1-2H3/b36-32-,50-15+,52-49?. The molecule has 0 atom stereocenters. The van der Waals surface area contributed by atoms with Crippen molar-refractivity contribution in [3.05, 3.63) is 203 Å². The first-order valence-electron chi connectivity index (χ1n) is 18.5. The Bertz CT molecular complexity index is 2450. The van der Waals surface area contributed by atoms with Crippen LogP contribution in [0.3, 0.4) is 0 Å². The van der Waals surface area contributed by atoms with Crippen LogP contribution in [0.5, 0.6) is 0 Å². The van der Waals surface area contributed by atoms with Gasteiger partial charge in [-0.2, -0.15) is 0 Å². The first kappa shape index (κ1) is 33.1. The lowest BCUT2D eigenvalue weighted by atomic mass is 9.90. The Morgan fingerprint density at radius 3 is 2.04 bits per heavy atom. The third kappa shape index (κ3) is 6.96. The molecular formula is C51H43N. The summed E-state index contributed by atoms with van der Waals surface area (Å²) in [6, 6.07) is 59.3. The van der Waals surface area contributed by atoms with E-state index in [9.17, 15) is 0 Å². The summed E-state index contributed by atoms with van der Waals surface area (Å²) in [5.74, 6) is 0. The molecule has 0 fully saturated rings. The van der Waals surface area contributed by atoms with E-state index in [1.165, 1.54) is 77.5 Å². The predicted octanol–water partition coefficient (Wildman–Crippen LogP) is 13.9. The van der Waals surface area contributed by atoms with Gasteiger partial charge in [0, 0.05) is 11.3 Å². The van der Waals surface area contributed by atoms with Crippen molar-refractivity contribution in [2.75, 3.05) is 0 Å². The average molecular weight is 670 g/mol. The highest BCUT2D eigenvalue weighted by Crippen LogP contribution is 2.46. The monoisotopic (exact) mass is 669 g/mol. The van der Waals surface area contributed by atoms with Gasteiger partial charge in [0.15, 0.2) is 0 Å². The SMILES string of the molecule is CC/C=C(/N=C(CC/C(C)=C\c1ccccc1)c1ccc2cc(-c3ccccc3)ccc2c1)c1ccc(-c2ccccc2)c2c1-c1ccccc1C2. The van der Waals surface area contributed by atoms with E-state index in [1.54, 1.807) is 0 Å². The van der Waals surface area contributed by atoms with Crippen molar-refractivity contribution >= 4 is 28.3 Å². The van der Waals surface area contributed by atoms with Gasteiger partial charge in [-0.15, -0.1) is 0 Å². The number of benzene rings is 7. The highest BCUT2D eigenvalue weighted by atomic mass is 14.8. The molecule has 0 aromatic heterocycles. The summed E-state index contributed by atoms with van der Waals surface area (Å²) in [5.41, 5.74) is 17.6. The molecule has 52 heavy (non-hydrogen) atoms. The van der Waals surface area contributed by atoms with Crippen LogP contribution >= 0.6 is 0 Å². The Labute approximate surface area is 308 Å². The third-order valence-corrected chi connectivity index (χ3v) is 10.2. The first-order valence-corrected chi connectivity index (χ1v) is 18.5. The minimum absolute atomic E-state index is 0.838. The van der Waals surface area contributed by atoms with Crippen LogP contribution < -0.4 is 0 Å². The fourth-order valence-corrected chi connectivity index (χ4v) is 7.63. The zero-order valence-electron chi connectivity index (χ0n) is 30.0. The summed E-state index contributed by atoms with van der Waals surface area (Å²) in [7, 11) is 0. The van der Waals surface area contributed by atoms with Crippen LogP contribution in [0.25, 0.3) is 55.9 Å². The number of allylic oxidation sites excluding steroid dienone is 2. The van der Waals surface area contributed by atoms with Crippen LogP contribution in [0.1, 0.15) is 60.9 Å². The summed E-state index contributed by atoms with van der Waals surface area (Å²) < 4.78 is 0. The van der Waals surface area contributed by atoms with Gasteiger partial charge in [-0.1, -0.05) is 176 Å². The molecule has 0 N–H and O–H groups in total. The number of hydrogen-bond acceptors (Lipinski definition) is 1. The molecule has 252 valence electrons. The maximum atomic E-state index is 5.66. The summed E-state index contributed by atoms with van der Waals surface area (Å²) in [6.45, 7) is 4.46. The number of fused-ring (bicyclic) bond motifs is 4. The second-order valence-electron chi connectivity index (χ2n) is 13.8. The molecule has 7 aromatic carbocycles. The van der Waals surface area contributed by atoms with Gasteiger partial charge in [-0.05, 0) is 111 Å². The van der Waals surface area contributed by atoms with E-state index < -0.39 is 0 Å². The zero-order valence-corrected chi connectivity index (χ0v) is 30.0. The molecule has 1 aliphatic rings. The summed E-state index contributed by atoms with van der Waals surface area (Å²) in [5, 5.41) is 2.46. The first-order chi connectivity index (χ1) is 25.6. The average Bonchev–Trinajstić information content (AvgIpc) is 3.59. The Morgan fingerprint density at radius 2 is 1.27 bits per heavy atom. The maximum absolute atomic E-state index is 5.66. The van der Waals surface area contributed by atoms with Gasteiger partial charge in [0.2, 0.25) is 0 Å². The molecule has 1 heteroatoms. The summed E-state index contributed by atoms with van der Waals surface area (Å²) >= 11 is 0. The van der Waals surface area contributed by atoms with Crippen LogP contribution in [0.2, 0.25) is 0 Å². The van der Waals surface area contributed by atoms with Crippen LogP contribution in [0.15, 0.2) is 180 Å². The molecule has 0 aliphatic heterocycles. The summed E-state index contributed by atoms with van der Waals surface area (Å²) in [4.78, 5) is 5.66. The Kier molecular flexibility index (Phi) is 9.59. The minimum Gasteiger partial charge on any atom is -0.253 e. The van der Waals surface area contributed by atoms with Crippen molar-refractivity contribution in [2.45, 2.75) is 39.5 Å². The van der Waals surface area contributed by atoms with Crippen molar-refractivity contribution in [3.63, 3.8) is 0 Å². The molecule has 1 nitrogen and oxygen atoms in total. The highest BCUT2D eigenvalue weighted by molar-refractivity contribution is 6.07. The molecule has 1 aliphatic carbocycles. The van der Waals surface area contributed by atoms with Gasteiger partial charge < -0.3 is 0 Å². The van der Waals surface area contributed by atoms with Gasteiger partial charge in [0.25, 0.3) is 0 Å². The van der Waals surface area contributed by atoms with Crippen molar-refractivity contribution in [2.24, 2.45) is 4.99 Å². The molecule has 0 amide bonds. The smallest absolute Gasteiger partial charge is 0.0671 e. The number of rotatable bonds is 10. The molecular weight excluding hydrogens is 627 g/mol. The van der Waals surface area contributed by atoms with Crippen LogP contribution in [0.4, 0.5) is 0 Å². The van der Waals surface area contributed by atoms with E-state index >= 15 is 0 Å². The maximum Gasteiger partial charge on any atom is 0.0671 e. The lowest BCUT2D eigenvalue weighted by Gasteiger charge is -2.17. The molecule has 0 saturated heterocycles. The Hall–Kier alpha value is -6.05. The van der Waals surface area contributed by atoms with E-state index in [0.29, 0.717) is 0 Å². The Morgan fingerprint density at radius 1 is 0.596 bits per heavy atom. The number of nitrogens with zero attached hydrogens (tertiary/aromatic N) is 1. The van der Waals surface area contributed by atoms with Crippen LogP contribution in [-0.4, -0.2) is 5.71 Å². The molecule has 0 unspecified atom stereocenters. The van der Waals surface area contributed by atoms with Crippen molar-refractivity contribution < 1.29 is 0 Å². The Balaban J connectivity index is 1.24. The molecule has 8 rings (SSSR count). The molecule has 0 bridgehead atoms. The van der Waals surface area contributed by atoms with Crippen molar-refractivity contribution in [3.8, 4) is 33.4 Å². The van der Waals surface area contributed by atoms with Gasteiger partial charge in [-0.25, -0.2) is 0 Å². The summed E-state index contributed by atoms with van der Waals surface area (Å²) in [6.07, 6.45) is 8.21. The molecule has 0 heterocycles. The number of hydrogen-bond donors (Lipinski definition) is 0. The normalized spacial score (nSPS) is 12.9. The quantitative estimate of drug-likeness (QED) is 0.129. The third-order valence-electron chi connectivity index (χ3n) is 10.2. The van der Waals surface area contributed by atoms with Crippen LogP contribution in [-0.2, 0) is 6.42 Å². The topological polar surface area (TPSA) is 12.4 Å². The van der Waals surface area contributed by atoms with E-state index in [-0.39, 0.29) is 0 Å². The van der Waals surface area contributed by atoms with E-state index in [0.717, 1.165) is 37.1 Å². The molecule has 0 spiro atoms. The minimum atomic E-state index is 0.838. The lowest BCUT2D eigenvalue weighted by molar-refractivity contribution is 1.02. The number of aliphatic imine (C=N–C) groups is 1. The van der Waals surface area contributed by atoms with Gasteiger partial charge in [-0.3, -0.25) is 4.99 Å². The fraction of sp³-hybridized carbons (Fsp3) is 0.118. The largest absolute Gasteiger partial charge is 0.253 e. The van der Waals surface area contributed by atoms with Crippen LogP contribution in [0, 0.1) is 0 Å². The van der Waals surface area contributed by atoms with Gasteiger partial charge in [0.1, 0.15) is 0 Å². The molecule has 7 aromatic rings. The second kappa shape index (κ2) is 15.1. The predicted molar refractivity (Wildman–Crippen MR) is 224 cm³/mol. The fourth-order valence-electron chi connectivity index (χ4n) is 7.63. The lowest BCUT2D eigenvalue weighted by Crippen LogP contribution is -2.04. The van der Waals surface area contributed by atoms with E-state index in [1.807, 2.05) is 0 Å².